The number of carboxylic acids is 1. The third-order valence-corrected chi connectivity index (χ3v) is 1.81. The summed E-state index contributed by atoms with van der Waals surface area (Å²) in [5, 5.41) is 18.6. The molecule has 1 aliphatic carbocycles. The number of carbonyl (C=O) groups excluding carboxylic acids is 1. The van der Waals surface area contributed by atoms with Gasteiger partial charge in [-0.25, -0.2) is 0 Å². The third-order valence-electron chi connectivity index (χ3n) is 1.81. The molecular formula is C6H9NaO3. The Morgan fingerprint density at radius 3 is 2.20 bits per heavy atom. The maximum absolute atomic E-state index is 9.99. The van der Waals surface area contributed by atoms with Crippen molar-refractivity contribution in [1.29, 1.82) is 0 Å². The molecule has 1 aliphatic rings. The molecule has 4 heteroatoms. The minimum atomic E-state index is -1.05. The second-order valence-electron chi connectivity index (χ2n) is 2.71. The summed E-state index contributed by atoms with van der Waals surface area (Å²) in [7, 11) is 0. The summed E-state index contributed by atoms with van der Waals surface area (Å²) in [6.07, 6.45) is 1.68. The normalized spacial score (nSPS) is 19.3. The zero-order chi connectivity index (χ0) is 6.91. The van der Waals surface area contributed by atoms with Gasteiger partial charge in [-0.15, -0.1) is 0 Å². The van der Waals surface area contributed by atoms with Gasteiger partial charge in [-0.05, 0) is 24.7 Å². The van der Waals surface area contributed by atoms with Gasteiger partial charge in [0.2, 0.25) is 0 Å². The predicted octanol–water partition coefficient (Wildman–Crippen LogP) is -4.10. The predicted molar refractivity (Wildman–Crippen MR) is 28.4 cm³/mol. The molecule has 0 saturated heterocycles. The van der Waals surface area contributed by atoms with Crippen LogP contribution in [0.4, 0.5) is 0 Å². The molecule has 1 saturated carbocycles. The Balaban J connectivity index is 0.000000810. The van der Waals surface area contributed by atoms with Crippen molar-refractivity contribution >= 4 is 5.97 Å². The fourth-order valence-corrected chi connectivity index (χ4v) is 0.874. The van der Waals surface area contributed by atoms with Crippen molar-refractivity contribution in [1.82, 2.24) is 0 Å². The maximum Gasteiger partial charge on any atom is 1.00 e. The van der Waals surface area contributed by atoms with Gasteiger partial charge in [0.1, 0.15) is 0 Å². The van der Waals surface area contributed by atoms with Crippen LogP contribution in [0.2, 0.25) is 0 Å². The zero-order valence-electron chi connectivity index (χ0n) is 6.09. The Morgan fingerprint density at radius 1 is 1.60 bits per heavy atom. The van der Waals surface area contributed by atoms with Gasteiger partial charge < -0.3 is 15.0 Å². The Labute approximate surface area is 81.7 Å². The van der Waals surface area contributed by atoms with Crippen LogP contribution in [0.1, 0.15) is 19.3 Å². The minimum Gasteiger partial charge on any atom is -0.550 e. The number of hydrogen-bond donors (Lipinski definition) is 1. The van der Waals surface area contributed by atoms with E-state index >= 15 is 0 Å². The van der Waals surface area contributed by atoms with Crippen molar-refractivity contribution in [2.75, 3.05) is 6.61 Å². The molecule has 0 aromatic carbocycles. The molecule has 0 aromatic heterocycles. The van der Waals surface area contributed by atoms with Gasteiger partial charge in [-0.2, -0.15) is 0 Å². The zero-order valence-corrected chi connectivity index (χ0v) is 8.09. The van der Waals surface area contributed by atoms with E-state index < -0.39 is 5.97 Å². The first-order valence-corrected chi connectivity index (χ1v) is 2.99. The van der Waals surface area contributed by atoms with E-state index in [9.17, 15) is 9.90 Å². The van der Waals surface area contributed by atoms with Crippen LogP contribution in [-0.4, -0.2) is 17.7 Å². The average Bonchev–Trinajstić information content (AvgIpc) is 2.48. The van der Waals surface area contributed by atoms with Gasteiger partial charge in [0.05, 0.1) is 0 Å². The van der Waals surface area contributed by atoms with E-state index in [2.05, 4.69) is 0 Å². The monoisotopic (exact) mass is 152 g/mol. The summed E-state index contributed by atoms with van der Waals surface area (Å²) in [5.41, 5.74) is -0.293. The van der Waals surface area contributed by atoms with Crippen molar-refractivity contribution in [2.24, 2.45) is 5.41 Å². The molecule has 0 aliphatic heterocycles. The van der Waals surface area contributed by atoms with Crippen LogP contribution < -0.4 is 34.7 Å². The molecule has 1 N–H and O–H groups in total. The number of aliphatic hydroxyl groups is 1. The third kappa shape index (κ3) is 2.58. The standard InChI is InChI=1S/C6H10O3.Na/c7-4-6(1-2-6)3-5(8)9;/h7H,1-4H2,(H,8,9);/q;+1/p-1. The van der Waals surface area contributed by atoms with Crippen molar-refractivity contribution < 1.29 is 44.6 Å². The molecule has 0 unspecified atom stereocenters. The summed E-state index contributed by atoms with van der Waals surface area (Å²) >= 11 is 0. The Bertz CT molecular complexity index is 131. The molecule has 0 aromatic rings. The smallest absolute Gasteiger partial charge is 0.550 e. The van der Waals surface area contributed by atoms with Crippen LogP contribution in [-0.2, 0) is 4.79 Å². The summed E-state index contributed by atoms with van der Waals surface area (Å²) in [5.74, 6) is -1.05. The number of carboxylic acid groups (broad SMARTS) is 1. The van der Waals surface area contributed by atoms with E-state index in [0.29, 0.717) is 0 Å². The van der Waals surface area contributed by atoms with E-state index in [1.807, 2.05) is 0 Å². The first-order valence-electron chi connectivity index (χ1n) is 2.99. The quantitative estimate of drug-likeness (QED) is 0.418. The van der Waals surface area contributed by atoms with E-state index in [-0.39, 0.29) is 48.0 Å². The SMILES string of the molecule is O=C([O-])CC1(CO)CC1.[Na+]. The van der Waals surface area contributed by atoms with Crippen LogP contribution in [0.25, 0.3) is 0 Å². The van der Waals surface area contributed by atoms with E-state index in [1.165, 1.54) is 0 Å². The number of hydrogen-bond acceptors (Lipinski definition) is 3. The van der Waals surface area contributed by atoms with E-state index in [4.69, 9.17) is 5.11 Å². The second kappa shape index (κ2) is 3.72. The molecule has 1 rings (SSSR count). The second-order valence-corrected chi connectivity index (χ2v) is 2.71. The fraction of sp³-hybridized carbons (Fsp3) is 0.833. The molecule has 0 atom stereocenters. The fourth-order valence-electron chi connectivity index (χ4n) is 0.874. The van der Waals surface area contributed by atoms with Crippen molar-refractivity contribution in [3.63, 3.8) is 0 Å². The Kier molecular flexibility index (Phi) is 3.88. The first kappa shape index (κ1) is 10.4. The summed E-state index contributed by atoms with van der Waals surface area (Å²) in [4.78, 5) is 9.99. The van der Waals surface area contributed by atoms with Crippen LogP contribution in [0, 0.1) is 5.41 Å². The minimum absolute atomic E-state index is 0. The molecule has 0 radical (unpaired) electrons. The average molecular weight is 152 g/mol. The van der Waals surface area contributed by atoms with Crippen molar-refractivity contribution in [3.05, 3.63) is 0 Å². The van der Waals surface area contributed by atoms with Crippen LogP contribution >= 0.6 is 0 Å². The van der Waals surface area contributed by atoms with Gasteiger partial charge in [-0.1, -0.05) is 0 Å². The number of carbonyl (C=O) groups is 1. The largest absolute Gasteiger partial charge is 1.00 e. The topological polar surface area (TPSA) is 60.4 Å². The van der Waals surface area contributed by atoms with Gasteiger partial charge in [-0.3, -0.25) is 0 Å². The van der Waals surface area contributed by atoms with Crippen LogP contribution in [0.15, 0.2) is 0 Å². The van der Waals surface area contributed by atoms with Gasteiger partial charge in [0.25, 0.3) is 0 Å². The first-order chi connectivity index (χ1) is 4.18. The molecule has 3 nitrogen and oxygen atoms in total. The molecule has 0 heterocycles. The van der Waals surface area contributed by atoms with Crippen molar-refractivity contribution in [3.8, 4) is 0 Å². The molecular weight excluding hydrogens is 143 g/mol. The molecule has 52 valence electrons. The Hall–Kier alpha value is 0.430. The summed E-state index contributed by atoms with van der Waals surface area (Å²) in [6, 6.07) is 0. The van der Waals surface area contributed by atoms with Crippen LogP contribution in [0.5, 0.6) is 0 Å². The maximum atomic E-state index is 9.99. The molecule has 10 heavy (non-hydrogen) atoms. The van der Waals surface area contributed by atoms with E-state index in [0.717, 1.165) is 12.8 Å². The number of aliphatic hydroxyl groups excluding tert-OH is 1. The molecule has 0 spiro atoms. The summed E-state index contributed by atoms with van der Waals surface area (Å²) < 4.78 is 0. The van der Waals surface area contributed by atoms with Crippen LogP contribution in [0.3, 0.4) is 0 Å². The molecule has 1 fully saturated rings. The number of rotatable bonds is 3. The van der Waals surface area contributed by atoms with Gasteiger partial charge in [0.15, 0.2) is 0 Å². The van der Waals surface area contributed by atoms with E-state index in [1.54, 1.807) is 0 Å². The van der Waals surface area contributed by atoms with Crippen molar-refractivity contribution in [2.45, 2.75) is 19.3 Å². The van der Waals surface area contributed by atoms with Gasteiger partial charge >= 0.3 is 29.6 Å². The molecule has 0 bridgehead atoms. The Morgan fingerprint density at radius 2 is 2.10 bits per heavy atom. The summed E-state index contributed by atoms with van der Waals surface area (Å²) in [6.45, 7) is -0.0129. The number of aliphatic carboxylic acids is 1. The molecule has 0 amide bonds. The van der Waals surface area contributed by atoms with Gasteiger partial charge in [0, 0.05) is 12.6 Å².